The number of ether oxygens (including phenoxy) is 1. The van der Waals surface area contributed by atoms with Gasteiger partial charge in [-0.25, -0.2) is 4.79 Å². The number of nitrogens with one attached hydrogen (secondary N) is 1. The first-order chi connectivity index (χ1) is 13.8. The normalized spacial score (nSPS) is 12.9. The zero-order valence-electron chi connectivity index (χ0n) is 16.6. The molecule has 2 aromatic rings. The van der Waals surface area contributed by atoms with Gasteiger partial charge in [-0.15, -0.1) is 0 Å². The maximum absolute atomic E-state index is 12.4. The molecule has 0 spiro atoms. The highest BCUT2D eigenvalue weighted by Crippen LogP contribution is 2.26. The maximum Gasteiger partial charge on any atom is 0.331 e. The fourth-order valence-electron chi connectivity index (χ4n) is 2.71. The molecule has 0 aliphatic carbocycles. The minimum absolute atomic E-state index is 0.121. The molecule has 2 aromatic carbocycles. The molecule has 0 radical (unpaired) electrons. The molecule has 0 saturated heterocycles. The molecule has 0 heterocycles. The first-order valence-corrected chi connectivity index (χ1v) is 9.35. The Kier molecular flexibility index (Phi) is 7.65. The molecule has 2 atom stereocenters. The van der Waals surface area contributed by atoms with E-state index in [4.69, 9.17) is 4.74 Å². The number of amides is 1. The summed E-state index contributed by atoms with van der Waals surface area (Å²) in [5.41, 5.74) is 1.85. The number of benzene rings is 2. The van der Waals surface area contributed by atoms with Crippen LogP contribution in [0.1, 0.15) is 44.2 Å². The summed E-state index contributed by atoms with van der Waals surface area (Å²) in [4.78, 5) is 34.9. The predicted molar refractivity (Wildman–Crippen MR) is 111 cm³/mol. The van der Waals surface area contributed by atoms with Gasteiger partial charge in [0.05, 0.1) is 10.5 Å². The van der Waals surface area contributed by atoms with E-state index in [1.54, 1.807) is 6.07 Å². The average Bonchev–Trinajstić information content (AvgIpc) is 2.72. The first kappa shape index (κ1) is 21.8. The minimum atomic E-state index is -1.03. The van der Waals surface area contributed by atoms with E-state index >= 15 is 0 Å². The lowest BCUT2D eigenvalue weighted by Gasteiger charge is -2.17. The third-order valence-electron chi connectivity index (χ3n) is 4.56. The zero-order chi connectivity index (χ0) is 21.4. The van der Waals surface area contributed by atoms with Crippen LogP contribution in [-0.2, 0) is 14.3 Å². The van der Waals surface area contributed by atoms with Crippen LogP contribution in [0, 0.1) is 10.1 Å². The van der Waals surface area contributed by atoms with Crippen LogP contribution in [0.5, 0.6) is 0 Å². The van der Waals surface area contributed by atoms with Gasteiger partial charge in [-0.05, 0) is 43.0 Å². The Morgan fingerprint density at radius 3 is 2.48 bits per heavy atom. The quantitative estimate of drug-likeness (QED) is 0.302. The van der Waals surface area contributed by atoms with Crippen molar-refractivity contribution < 1.29 is 19.2 Å². The van der Waals surface area contributed by atoms with Crippen LogP contribution in [0.2, 0.25) is 0 Å². The number of nitrogens with zero attached hydrogens (tertiary/aromatic N) is 1. The van der Waals surface area contributed by atoms with E-state index in [0.29, 0.717) is 5.69 Å². The Labute approximate surface area is 169 Å². The molecule has 0 aliphatic heterocycles. The molecule has 2 rings (SSSR count). The van der Waals surface area contributed by atoms with Crippen LogP contribution >= 0.6 is 0 Å². The van der Waals surface area contributed by atoms with Gasteiger partial charge < -0.3 is 10.1 Å². The number of hydrogen-bond acceptors (Lipinski definition) is 5. The highest BCUT2D eigenvalue weighted by atomic mass is 16.6. The van der Waals surface area contributed by atoms with E-state index in [1.165, 1.54) is 31.2 Å². The van der Waals surface area contributed by atoms with Crippen molar-refractivity contribution in [2.45, 2.75) is 39.2 Å². The van der Waals surface area contributed by atoms with Crippen molar-refractivity contribution in [2.75, 3.05) is 5.32 Å². The van der Waals surface area contributed by atoms with Crippen LogP contribution < -0.4 is 5.32 Å². The number of carbonyl (C=O) groups excluding carboxylic acids is 2. The van der Waals surface area contributed by atoms with E-state index in [0.717, 1.165) is 18.1 Å². The molecule has 29 heavy (non-hydrogen) atoms. The molecule has 0 aromatic heterocycles. The number of rotatable bonds is 8. The van der Waals surface area contributed by atoms with Crippen molar-refractivity contribution in [3.63, 3.8) is 0 Å². The highest BCUT2D eigenvalue weighted by Gasteiger charge is 2.19. The topological polar surface area (TPSA) is 98.5 Å². The molecular weight excluding hydrogens is 372 g/mol. The van der Waals surface area contributed by atoms with Crippen molar-refractivity contribution in [1.29, 1.82) is 0 Å². The standard InChI is InChI=1S/C22H24N2O5/c1-4-15(2)18-10-6-7-11-19(18)23-22(26)16(3)29-21(25)14-13-17-9-5-8-12-20(17)24(27)28/h5-16H,4H2,1-3H3,(H,23,26)/b14-13+/t15-,16+/m0/s1. The second-order valence-electron chi connectivity index (χ2n) is 6.61. The van der Waals surface area contributed by atoms with Gasteiger partial charge in [0.15, 0.2) is 6.10 Å². The highest BCUT2D eigenvalue weighted by molar-refractivity contribution is 5.97. The molecule has 7 nitrogen and oxygen atoms in total. The predicted octanol–water partition coefficient (Wildman–Crippen LogP) is 4.69. The minimum Gasteiger partial charge on any atom is -0.449 e. The van der Waals surface area contributed by atoms with Gasteiger partial charge in [0, 0.05) is 17.8 Å². The number of para-hydroxylation sites is 2. The number of esters is 1. The van der Waals surface area contributed by atoms with E-state index in [9.17, 15) is 19.7 Å². The van der Waals surface area contributed by atoms with E-state index in [-0.39, 0.29) is 17.2 Å². The molecular formula is C22H24N2O5. The largest absolute Gasteiger partial charge is 0.449 e. The molecule has 1 N–H and O–H groups in total. The fourth-order valence-corrected chi connectivity index (χ4v) is 2.71. The number of nitro groups is 1. The molecule has 152 valence electrons. The lowest BCUT2D eigenvalue weighted by molar-refractivity contribution is -0.385. The van der Waals surface area contributed by atoms with Gasteiger partial charge in [0.1, 0.15) is 0 Å². The monoisotopic (exact) mass is 396 g/mol. The van der Waals surface area contributed by atoms with Crippen LogP contribution in [0.3, 0.4) is 0 Å². The summed E-state index contributed by atoms with van der Waals surface area (Å²) in [5.74, 6) is -0.942. The Morgan fingerprint density at radius 2 is 1.79 bits per heavy atom. The van der Waals surface area contributed by atoms with Gasteiger partial charge >= 0.3 is 5.97 Å². The Hall–Kier alpha value is -3.48. The maximum atomic E-state index is 12.4. The van der Waals surface area contributed by atoms with E-state index in [1.807, 2.05) is 24.3 Å². The first-order valence-electron chi connectivity index (χ1n) is 9.35. The van der Waals surface area contributed by atoms with Gasteiger partial charge in [0.2, 0.25) is 0 Å². The van der Waals surface area contributed by atoms with Crippen molar-refractivity contribution in [3.8, 4) is 0 Å². The number of nitro benzene ring substituents is 1. The number of carbonyl (C=O) groups is 2. The summed E-state index contributed by atoms with van der Waals surface area (Å²) >= 11 is 0. The van der Waals surface area contributed by atoms with Gasteiger partial charge in [-0.1, -0.05) is 44.2 Å². The summed E-state index contributed by atoms with van der Waals surface area (Å²) in [5, 5.41) is 13.8. The van der Waals surface area contributed by atoms with Crippen molar-refractivity contribution in [2.24, 2.45) is 0 Å². The van der Waals surface area contributed by atoms with Crippen LogP contribution in [0.25, 0.3) is 6.08 Å². The van der Waals surface area contributed by atoms with Crippen LogP contribution in [0.4, 0.5) is 11.4 Å². The zero-order valence-corrected chi connectivity index (χ0v) is 16.6. The van der Waals surface area contributed by atoms with Crippen LogP contribution in [0.15, 0.2) is 54.6 Å². The molecule has 7 heteroatoms. The Morgan fingerprint density at radius 1 is 1.14 bits per heavy atom. The van der Waals surface area contributed by atoms with Crippen molar-refractivity contribution in [1.82, 2.24) is 0 Å². The molecule has 0 unspecified atom stereocenters. The third-order valence-corrected chi connectivity index (χ3v) is 4.56. The lowest BCUT2D eigenvalue weighted by Crippen LogP contribution is -2.29. The summed E-state index contributed by atoms with van der Waals surface area (Å²) in [6, 6.07) is 13.5. The fraction of sp³-hybridized carbons (Fsp3) is 0.273. The van der Waals surface area contributed by atoms with Crippen molar-refractivity contribution >= 4 is 29.3 Å². The smallest absolute Gasteiger partial charge is 0.331 e. The van der Waals surface area contributed by atoms with E-state index in [2.05, 4.69) is 19.2 Å². The Balaban J connectivity index is 2.02. The summed E-state index contributed by atoms with van der Waals surface area (Å²) in [6.07, 6.45) is 2.26. The van der Waals surface area contributed by atoms with Gasteiger partial charge in [-0.3, -0.25) is 14.9 Å². The van der Waals surface area contributed by atoms with Crippen LogP contribution in [-0.4, -0.2) is 22.9 Å². The summed E-state index contributed by atoms with van der Waals surface area (Å²) in [6.45, 7) is 5.61. The SMILES string of the molecule is CC[C@H](C)c1ccccc1NC(=O)[C@@H](C)OC(=O)/C=C/c1ccccc1[N+](=O)[O-]. The van der Waals surface area contributed by atoms with Crippen molar-refractivity contribution in [3.05, 3.63) is 75.8 Å². The molecule has 0 bridgehead atoms. The molecule has 0 fully saturated rings. The van der Waals surface area contributed by atoms with Gasteiger partial charge in [-0.2, -0.15) is 0 Å². The lowest BCUT2D eigenvalue weighted by atomic mass is 9.97. The molecule has 0 saturated carbocycles. The second-order valence-corrected chi connectivity index (χ2v) is 6.61. The molecule has 1 amide bonds. The number of hydrogen-bond donors (Lipinski definition) is 1. The summed E-state index contributed by atoms with van der Waals surface area (Å²) < 4.78 is 5.13. The van der Waals surface area contributed by atoms with Gasteiger partial charge in [0.25, 0.3) is 11.6 Å². The average molecular weight is 396 g/mol. The second kappa shape index (κ2) is 10.2. The van der Waals surface area contributed by atoms with E-state index < -0.39 is 22.9 Å². The summed E-state index contributed by atoms with van der Waals surface area (Å²) in [7, 11) is 0. The number of anilines is 1. The third kappa shape index (κ3) is 6.00. The Bertz CT molecular complexity index is 923. The molecule has 0 aliphatic rings.